The van der Waals surface area contributed by atoms with Crippen LogP contribution < -0.4 is 5.32 Å². The lowest BCUT2D eigenvalue weighted by atomic mass is 9.54. The zero-order valence-electron chi connectivity index (χ0n) is 19.9. The third-order valence-electron chi connectivity index (χ3n) is 8.51. The van der Waals surface area contributed by atoms with Gasteiger partial charge in [-0.2, -0.15) is 0 Å². The van der Waals surface area contributed by atoms with Gasteiger partial charge < -0.3 is 10.4 Å². The van der Waals surface area contributed by atoms with Gasteiger partial charge in [-0.15, -0.1) is 0 Å². The average molecular weight is 412 g/mol. The van der Waals surface area contributed by atoms with Crippen molar-refractivity contribution in [2.75, 3.05) is 6.54 Å². The van der Waals surface area contributed by atoms with Gasteiger partial charge in [0.25, 0.3) is 0 Å². The van der Waals surface area contributed by atoms with Crippen molar-refractivity contribution in [1.82, 2.24) is 5.32 Å². The Morgan fingerprint density at radius 1 is 1.23 bits per heavy atom. The highest BCUT2D eigenvalue weighted by molar-refractivity contribution is 5.32. The van der Waals surface area contributed by atoms with Crippen LogP contribution in [0.15, 0.2) is 36.4 Å². The summed E-state index contributed by atoms with van der Waals surface area (Å²) < 4.78 is 0. The highest BCUT2D eigenvalue weighted by atomic mass is 16.3. The van der Waals surface area contributed by atoms with Crippen molar-refractivity contribution in [1.29, 1.82) is 0 Å². The minimum absolute atomic E-state index is 0.296. The molecule has 30 heavy (non-hydrogen) atoms. The Balaban J connectivity index is 1.89. The van der Waals surface area contributed by atoms with Gasteiger partial charge in [0.2, 0.25) is 0 Å². The summed E-state index contributed by atoms with van der Waals surface area (Å²) in [5.41, 5.74) is 1.65. The summed E-state index contributed by atoms with van der Waals surface area (Å²) in [6, 6.07) is 8.14. The van der Waals surface area contributed by atoms with E-state index in [9.17, 15) is 5.11 Å². The van der Waals surface area contributed by atoms with Gasteiger partial charge in [-0.25, -0.2) is 0 Å². The SMILES string of the molecule is CC=CCC1CC(c2cccc(O)c2)C2CC1(CCC(CC)CCC)NCC2CC. The minimum atomic E-state index is 0.296. The van der Waals surface area contributed by atoms with Crippen molar-refractivity contribution >= 4 is 0 Å². The van der Waals surface area contributed by atoms with Crippen molar-refractivity contribution < 1.29 is 5.11 Å². The summed E-state index contributed by atoms with van der Waals surface area (Å²) >= 11 is 0. The molecule has 1 aliphatic carbocycles. The smallest absolute Gasteiger partial charge is 0.115 e. The van der Waals surface area contributed by atoms with Gasteiger partial charge in [-0.05, 0) is 92.9 Å². The molecule has 1 aromatic carbocycles. The maximum Gasteiger partial charge on any atom is 0.115 e. The molecule has 0 aromatic heterocycles. The predicted molar refractivity (Wildman–Crippen MR) is 129 cm³/mol. The molecule has 3 rings (SSSR count). The second kappa shape index (κ2) is 10.8. The second-order valence-corrected chi connectivity index (χ2v) is 10.1. The number of phenols is 1. The van der Waals surface area contributed by atoms with E-state index in [1.807, 2.05) is 18.2 Å². The number of nitrogens with one attached hydrogen (secondary N) is 1. The summed E-state index contributed by atoms with van der Waals surface area (Å²) in [6.07, 6.45) is 16.3. The number of rotatable bonds is 10. The molecule has 2 N–H and O–H groups in total. The Morgan fingerprint density at radius 3 is 2.73 bits per heavy atom. The van der Waals surface area contributed by atoms with E-state index < -0.39 is 0 Å². The largest absolute Gasteiger partial charge is 0.508 e. The van der Waals surface area contributed by atoms with Crippen LogP contribution in [0.25, 0.3) is 0 Å². The standard InChI is InChI=1S/C28H45NO/c1-5-9-13-24-18-26(23-12-10-14-25(30)17-23)27-19-28(24,29-20-22(27)8-4)16-15-21(7-3)11-6-2/h5,9-10,12,14,17,21-22,24,26-27,29-30H,6-8,11,13,15-16,18-20H2,1-4H3. The van der Waals surface area contributed by atoms with Gasteiger partial charge >= 0.3 is 0 Å². The molecule has 0 amide bonds. The molecule has 6 unspecified atom stereocenters. The summed E-state index contributed by atoms with van der Waals surface area (Å²) in [7, 11) is 0. The number of phenolic OH excluding ortho intramolecular Hbond substituents is 1. The quantitative estimate of drug-likeness (QED) is 0.392. The van der Waals surface area contributed by atoms with Crippen molar-refractivity contribution in [2.24, 2.45) is 23.7 Å². The van der Waals surface area contributed by atoms with Crippen LogP contribution in [0.3, 0.4) is 0 Å². The normalized spacial score (nSPS) is 32.4. The van der Waals surface area contributed by atoms with Crippen molar-refractivity contribution in [3.63, 3.8) is 0 Å². The van der Waals surface area contributed by atoms with Crippen LogP contribution >= 0.6 is 0 Å². The van der Waals surface area contributed by atoms with Gasteiger partial charge in [0, 0.05) is 5.54 Å². The fraction of sp³-hybridized carbons (Fsp3) is 0.714. The average Bonchev–Trinajstić information content (AvgIpc) is 2.76. The summed E-state index contributed by atoms with van der Waals surface area (Å²) in [4.78, 5) is 0. The Hall–Kier alpha value is -1.28. The monoisotopic (exact) mass is 411 g/mol. The predicted octanol–water partition coefficient (Wildman–Crippen LogP) is 7.44. The van der Waals surface area contributed by atoms with Crippen molar-refractivity contribution in [3.8, 4) is 5.75 Å². The first-order valence-electron chi connectivity index (χ1n) is 12.7. The van der Waals surface area contributed by atoms with Crippen LogP contribution in [0.1, 0.15) is 97.0 Å². The molecule has 2 nitrogen and oxygen atoms in total. The van der Waals surface area contributed by atoms with E-state index in [4.69, 9.17) is 0 Å². The first kappa shape index (κ1) is 23.4. The highest BCUT2D eigenvalue weighted by Gasteiger charge is 2.51. The lowest BCUT2D eigenvalue weighted by Crippen LogP contribution is -2.62. The number of piperidine rings is 1. The summed E-state index contributed by atoms with van der Waals surface area (Å²) in [6.45, 7) is 10.4. The molecule has 2 aliphatic rings. The molecule has 1 saturated heterocycles. The van der Waals surface area contributed by atoms with Crippen molar-refractivity contribution in [3.05, 3.63) is 42.0 Å². The number of benzene rings is 1. The number of allylic oxidation sites excluding steroid dienone is 2. The molecule has 1 aliphatic heterocycles. The number of fused-ring (bicyclic) bond motifs is 2. The molecule has 0 radical (unpaired) electrons. The first-order chi connectivity index (χ1) is 14.6. The molecule has 168 valence electrons. The Bertz CT molecular complexity index is 683. The fourth-order valence-electron chi connectivity index (χ4n) is 6.66. The molecule has 2 heteroatoms. The van der Waals surface area contributed by atoms with E-state index in [2.05, 4.69) is 51.2 Å². The van der Waals surface area contributed by atoms with E-state index in [-0.39, 0.29) is 0 Å². The third-order valence-corrected chi connectivity index (χ3v) is 8.51. The summed E-state index contributed by atoms with van der Waals surface area (Å²) in [5, 5.41) is 14.3. The Labute approximate surface area is 185 Å². The zero-order valence-corrected chi connectivity index (χ0v) is 19.9. The van der Waals surface area contributed by atoms with Gasteiger partial charge in [0.05, 0.1) is 0 Å². The van der Waals surface area contributed by atoms with Crippen LogP contribution in [0.4, 0.5) is 0 Å². The maximum atomic E-state index is 10.1. The number of aromatic hydroxyl groups is 1. The maximum absolute atomic E-state index is 10.1. The fourth-order valence-corrected chi connectivity index (χ4v) is 6.66. The van der Waals surface area contributed by atoms with E-state index in [1.165, 1.54) is 63.4 Å². The van der Waals surface area contributed by atoms with Crippen LogP contribution in [-0.4, -0.2) is 17.2 Å². The van der Waals surface area contributed by atoms with Crippen LogP contribution in [-0.2, 0) is 0 Å². The van der Waals surface area contributed by atoms with E-state index >= 15 is 0 Å². The lowest BCUT2D eigenvalue weighted by Gasteiger charge is -2.57. The molecule has 1 aromatic rings. The lowest BCUT2D eigenvalue weighted by molar-refractivity contribution is 0.00261. The van der Waals surface area contributed by atoms with Crippen LogP contribution in [0.2, 0.25) is 0 Å². The van der Waals surface area contributed by atoms with Gasteiger partial charge in [0.15, 0.2) is 0 Å². The molecule has 1 heterocycles. The van der Waals surface area contributed by atoms with Gasteiger partial charge in [-0.1, -0.05) is 70.7 Å². The molecule has 6 atom stereocenters. The number of hydrogen-bond acceptors (Lipinski definition) is 2. The van der Waals surface area contributed by atoms with Gasteiger partial charge in [-0.3, -0.25) is 0 Å². The van der Waals surface area contributed by atoms with Crippen LogP contribution in [0.5, 0.6) is 5.75 Å². The van der Waals surface area contributed by atoms with Crippen LogP contribution in [0, 0.1) is 23.7 Å². The third kappa shape index (κ3) is 5.13. The second-order valence-electron chi connectivity index (χ2n) is 10.1. The first-order valence-corrected chi connectivity index (χ1v) is 12.7. The summed E-state index contributed by atoms with van der Waals surface area (Å²) in [5.74, 6) is 4.01. The van der Waals surface area contributed by atoms with Crippen molar-refractivity contribution in [2.45, 2.75) is 96.9 Å². The Morgan fingerprint density at radius 2 is 2.07 bits per heavy atom. The molecule has 1 saturated carbocycles. The zero-order chi connectivity index (χ0) is 21.6. The van der Waals surface area contributed by atoms with E-state index in [1.54, 1.807) is 0 Å². The minimum Gasteiger partial charge on any atom is -0.508 e. The van der Waals surface area contributed by atoms with E-state index in [0.717, 1.165) is 24.3 Å². The molecule has 2 fully saturated rings. The molecular weight excluding hydrogens is 366 g/mol. The Kier molecular flexibility index (Phi) is 8.45. The highest BCUT2D eigenvalue weighted by Crippen LogP contribution is 2.54. The van der Waals surface area contributed by atoms with Gasteiger partial charge in [0.1, 0.15) is 5.75 Å². The molecule has 0 spiro atoms. The topological polar surface area (TPSA) is 32.3 Å². The molecule has 2 bridgehead atoms. The van der Waals surface area contributed by atoms with E-state index in [0.29, 0.717) is 23.1 Å². The molecular formula is C28H45NO. The number of hydrogen-bond donors (Lipinski definition) is 2.